The molecule has 18 heavy (non-hydrogen) atoms. The Balaban J connectivity index is 2.61. The Morgan fingerprint density at radius 2 is 1.94 bits per heavy atom. The van der Waals surface area contributed by atoms with Gasteiger partial charge in [0, 0.05) is 6.42 Å². The van der Waals surface area contributed by atoms with Crippen LogP contribution in [0.4, 0.5) is 8.78 Å². The highest BCUT2D eigenvalue weighted by atomic mass is 19.3. The van der Waals surface area contributed by atoms with E-state index in [2.05, 4.69) is 11.7 Å². The Morgan fingerprint density at radius 1 is 1.22 bits per heavy atom. The summed E-state index contributed by atoms with van der Waals surface area (Å²) in [5, 5.41) is 0. The zero-order chi connectivity index (χ0) is 13.4. The van der Waals surface area contributed by atoms with Gasteiger partial charge in [0.1, 0.15) is 5.75 Å². The van der Waals surface area contributed by atoms with Crippen LogP contribution in [0.3, 0.4) is 0 Å². The van der Waals surface area contributed by atoms with Gasteiger partial charge in [-0.3, -0.25) is 4.79 Å². The van der Waals surface area contributed by atoms with Crippen LogP contribution in [0.25, 0.3) is 0 Å². The standard InChI is InChI=1S/C14H18F2O2/c1-2-3-4-5-9-12(17)11-8-6-7-10-13(11)18-14(15)16/h6-8,10,14H,2-5,9H2,1H3. The normalized spacial score (nSPS) is 10.7. The van der Waals surface area contributed by atoms with E-state index in [1.807, 2.05) is 0 Å². The highest BCUT2D eigenvalue weighted by Crippen LogP contribution is 2.22. The predicted octanol–water partition coefficient (Wildman–Crippen LogP) is 4.44. The third-order valence-electron chi connectivity index (χ3n) is 2.66. The molecule has 0 aromatic heterocycles. The fraction of sp³-hybridized carbons (Fsp3) is 0.500. The summed E-state index contributed by atoms with van der Waals surface area (Å²) in [4.78, 5) is 11.9. The number of Topliss-reactive ketones (excluding diaryl/α,β-unsaturated/α-hetero) is 1. The number of carbonyl (C=O) groups excluding carboxylic acids is 1. The fourth-order valence-corrected chi connectivity index (χ4v) is 1.74. The lowest BCUT2D eigenvalue weighted by Gasteiger charge is -2.09. The van der Waals surface area contributed by atoms with Crippen molar-refractivity contribution in [3.8, 4) is 5.75 Å². The van der Waals surface area contributed by atoms with Crippen LogP contribution in [-0.2, 0) is 0 Å². The predicted molar refractivity (Wildman–Crippen MR) is 66.2 cm³/mol. The number of carbonyl (C=O) groups is 1. The summed E-state index contributed by atoms with van der Waals surface area (Å²) in [7, 11) is 0. The molecule has 0 N–H and O–H groups in total. The molecule has 0 fully saturated rings. The molecule has 1 rings (SSSR count). The monoisotopic (exact) mass is 256 g/mol. The smallest absolute Gasteiger partial charge is 0.387 e. The molecule has 0 saturated carbocycles. The average molecular weight is 256 g/mol. The van der Waals surface area contributed by atoms with E-state index in [0.29, 0.717) is 6.42 Å². The molecule has 0 radical (unpaired) electrons. The number of halogens is 2. The topological polar surface area (TPSA) is 26.3 Å². The van der Waals surface area contributed by atoms with Crippen molar-refractivity contribution in [2.24, 2.45) is 0 Å². The minimum Gasteiger partial charge on any atom is -0.434 e. The van der Waals surface area contributed by atoms with Gasteiger partial charge in [-0.25, -0.2) is 0 Å². The van der Waals surface area contributed by atoms with Gasteiger partial charge >= 0.3 is 6.61 Å². The molecule has 0 aliphatic rings. The highest BCUT2D eigenvalue weighted by Gasteiger charge is 2.14. The Labute approximate surface area is 106 Å². The molecule has 0 heterocycles. The first-order valence-corrected chi connectivity index (χ1v) is 6.22. The molecule has 0 aliphatic carbocycles. The quantitative estimate of drug-likeness (QED) is 0.507. The van der Waals surface area contributed by atoms with Crippen molar-refractivity contribution in [3.05, 3.63) is 29.8 Å². The number of unbranched alkanes of at least 4 members (excludes halogenated alkanes) is 3. The average Bonchev–Trinajstić information content (AvgIpc) is 2.34. The van der Waals surface area contributed by atoms with Crippen molar-refractivity contribution in [2.75, 3.05) is 0 Å². The molecular weight excluding hydrogens is 238 g/mol. The first-order valence-electron chi connectivity index (χ1n) is 6.22. The van der Waals surface area contributed by atoms with E-state index in [0.717, 1.165) is 25.7 Å². The number of hydrogen-bond donors (Lipinski definition) is 0. The second-order valence-electron chi connectivity index (χ2n) is 4.11. The molecule has 0 amide bonds. The van der Waals surface area contributed by atoms with Crippen LogP contribution in [0.1, 0.15) is 49.4 Å². The van der Waals surface area contributed by atoms with E-state index in [-0.39, 0.29) is 17.1 Å². The van der Waals surface area contributed by atoms with E-state index in [9.17, 15) is 13.6 Å². The van der Waals surface area contributed by atoms with E-state index >= 15 is 0 Å². The van der Waals surface area contributed by atoms with Crippen LogP contribution in [0, 0.1) is 0 Å². The van der Waals surface area contributed by atoms with Gasteiger partial charge in [-0.05, 0) is 18.6 Å². The maximum absolute atomic E-state index is 12.2. The van der Waals surface area contributed by atoms with Gasteiger partial charge in [0.15, 0.2) is 5.78 Å². The number of hydrogen-bond acceptors (Lipinski definition) is 2. The number of alkyl halides is 2. The van der Waals surface area contributed by atoms with E-state index < -0.39 is 6.61 Å². The summed E-state index contributed by atoms with van der Waals surface area (Å²) in [6.45, 7) is -0.813. The summed E-state index contributed by atoms with van der Waals surface area (Å²) >= 11 is 0. The van der Waals surface area contributed by atoms with Crippen molar-refractivity contribution in [1.29, 1.82) is 0 Å². The lowest BCUT2D eigenvalue weighted by Crippen LogP contribution is -2.08. The number of ketones is 1. The van der Waals surface area contributed by atoms with E-state index in [1.165, 1.54) is 12.1 Å². The second-order valence-corrected chi connectivity index (χ2v) is 4.11. The molecule has 1 aromatic carbocycles. The molecule has 0 unspecified atom stereocenters. The SMILES string of the molecule is CCCCCCC(=O)c1ccccc1OC(F)F. The van der Waals surface area contributed by atoms with E-state index in [4.69, 9.17) is 0 Å². The zero-order valence-corrected chi connectivity index (χ0v) is 10.5. The molecule has 0 spiro atoms. The molecule has 4 heteroatoms. The van der Waals surface area contributed by atoms with Crippen molar-refractivity contribution in [3.63, 3.8) is 0 Å². The molecule has 1 aromatic rings. The van der Waals surface area contributed by atoms with Gasteiger partial charge < -0.3 is 4.74 Å². The number of ether oxygens (including phenoxy) is 1. The third kappa shape index (κ3) is 4.82. The van der Waals surface area contributed by atoms with Gasteiger partial charge in [0.05, 0.1) is 5.56 Å². The fourth-order valence-electron chi connectivity index (χ4n) is 1.74. The highest BCUT2D eigenvalue weighted by molar-refractivity contribution is 5.98. The second kappa shape index (κ2) is 7.80. The molecule has 0 bridgehead atoms. The molecule has 0 saturated heterocycles. The van der Waals surface area contributed by atoms with Crippen LogP contribution < -0.4 is 4.74 Å². The van der Waals surface area contributed by atoms with Gasteiger partial charge in [0.25, 0.3) is 0 Å². The lowest BCUT2D eigenvalue weighted by atomic mass is 10.0. The summed E-state index contributed by atoms with van der Waals surface area (Å²) in [6.07, 6.45) is 4.33. The van der Waals surface area contributed by atoms with Crippen LogP contribution in [-0.4, -0.2) is 12.4 Å². The summed E-state index contributed by atoms with van der Waals surface area (Å²) < 4.78 is 28.7. The Kier molecular flexibility index (Phi) is 6.33. The minimum absolute atomic E-state index is 0.0343. The number of benzene rings is 1. The van der Waals surface area contributed by atoms with Crippen molar-refractivity contribution in [1.82, 2.24) is 0 Å². The summed E-state index contributed by atoms with van der Waals surface area (Å²) in [5.74, 6) is -0.171. The molecule has 2 nitrogen and oxygen atoms in total. The van der Waals surface area contributed by atoms with Gasteiger partial charge in [-0.1, -0.05) is 38.3 Å². The first-order chi connectivity index (χ1) is 8.65. The third-order valence-corrected chi connectivity index (χ3v) is 2.66. The van der Waals surface area contributed by atoms with Gasteiger partial charge in [-0.15, -0.1) is 0 Å². The Morgan fingerprint density at radius 3 is 2.61 bits per heavy atom. The maximum Gasteiger partial charge on any atom is 0.387 e. The largest absolute Gasteiger partial charge is 0.434 e. The van der Waals surface area contributed by atoms with Crippen LogP contribution >= 0.6 is 0 Å². The first kappa shape index (κ1) is 14.6. The van der Waals surface area contributed by atoms with Gasteiger partial charge in [0.2, 0.25) is 0 Å². The molecular formula is C14H18F2O2. The molecule has 100 valence electrons. The van der Waals surface area contributed by atoms with Crippen molar-refractivity contribution >= 4 is 5.78 Å². The Bertz CT molecular complexity index is 378. The Hall–Kier alpha value is -1.45. The van der Waals surface area contributed by atoms with Crippen LogP contribution in [0.5, 0.6) is 5.75 Å². The molecule has 0 atom stereocenters. The number of rotatable bonds is 8. The van der Waals surface area contributed by atoms with Crippen LogP contribution in [0.15, 0.2) is 24.3 Å². The lowest BCUT2D eigenvalue weighted by molar-refractivity contribution is -0.0501. The maximum atomic E-state index is 12.2. The zero-order valence-electron chi connectivity index (χ0n) is 10.5. The van der Waals surface area contributed by atoms with Crippen LogP contribution in [0.2, 0.25) is 0 Å². The minimum atomic E-state index is -2.90. The van der Waals surface area contributed by atoms with Gasteiger partial charge in [-0.2, -0.15) is 8.78 Å². The van der Waals surface area contributed by atoms with Crippen molar-refractivity contribution < 1.29 is 18.3 Å². The summed E-state index contributed by atoms with van der Waals surface area (Å²) in [6, 6.07) is 6.15. The summed E-state index contributed by atoms with van der Waals surface area (Å²) in [5.41, 5.74) is 0.245. The molecule has 0 aliphatic heterocycles. The number of para-hydroxylation sites is 1. The van der Waals surface area contributed by atoms with Crippen molar-refractivity contribution in [2.45, 2.75) is 45.6 Å². The van der Waals surface area contributed by atoms with E-state index in [1.54, 1.807) is 12.1 Å².